The number of aromatic nitrogens is 3. The summed E-state index contributed by atoms with van der Waals surface area (Å²) in [6.45, 7) is 4.94. The smallest absolute Gasteiger partial charge is 0.258 e. The fraction of sp³-hybridized carbons (Fsp3) is 0.308. The second-order valence-electron chi connectivity index (χ2n) is 8.33. The zero-order chi connectivity index (χ0) is 24.2. The van der Waals surface area contributed by atoms with Crippen LogP contribution in [0.5, 0.6) is 0 Å². The molecule has 4 rings (SSSR count). The maximum Gasteiger partial charge on any atom is 0.258 e. The first-order chi connectivity index (χ1) is 16.5. The molecule has 0 radical (unpaired) electrons. The summed E-state index contributed by atoms with van der Waals surface area (Å²) in [6, 6.07) is 14.5. The van der Waals surface area contributed by atoms with Gasteiger partial charge >= 0.3 is 0 Å². The standard InChI is InChI=1S/C26H25Cl2N5O/c1-3-5-8-16(4-2)15-33-24(32-26(34)18-12-11-17(27)13-20(18)28)19(14-29)23-25(33)31-22-10-7-6-9-21(22)30-23/h6-7,9-13,16H,3-5,8,15H2,1-2H3,(H,32,34). The molecule has 2 aromatic carbocycles. The summed E-state index contributed by atoms with van der Waals surface area (Å²) in [4.78, 5) is 22.8. The van der Waals surface area contributed by atoms with Crippen molar-refractivity contribution in [2.45, 2.75) is 46.1 Å². The molecular weight excluding hydrogens is 469 g/mol. The summed E-state index contributed by atoms with van der Waals surface area (Å²) in [6.07, 6.45) is 4.24. The number of carbonyl (C=O) groups is 1. The van der Waals surface area contributed by atoms with Crippen LogP contribution in [0.15, 0.2) is 42.5 Å². The molecule has 4 aromatic rings. The number of anilines is 1. The lowest BCUT2D eigenvalue weighted by Crippen LogP contribution is -2.19. The lowest BCUT2D eigenvalue weighted by atomic mass is 9.99. The molecule has 0 aliphatic heterocycles. The molecule has 8 heteroatoms. The highest BCUT2D eigenvalue weighted by Gasteiger charge is 2.25. The van der Waals surface area contributed by atoms with E-state index in [2.05, 4.69) is 25.2 Å². The topological polar surface area (TPSA) is 83.6 Å². The fourth-order valence-electron chi connectivity index (χ4n) is 4.14. The van der Waals surface area contributed by atoms with E-state index in [-0.39, 0.29) is 16.1 Å². The summed E-state index contributed by atoms with van der Waals surface area (Å²) in [5, 5.41) is 13.7. The minimum Gasteiger partial charge on any atom is -0.309 e. The molecule has 0 bridgehead atoms. The number of benzene rings is 2. The van der Waals surface area contributed by atoms with E-state index in [0.717, 1.165) is 31.2 Å². The van der Waals surface area contributed by atoms with Gasteiger partial charge in [0.25, 0.3) is 5.91 Å². The zero-order valence-corrected chi connectivity index (χ0v) is 20.6. The molecule has 1 unspecified atom stereocenters. The molecule has 0 spiro atoms. The molecule has 1 N–H and O–H groups in total. The number of hydrogen-bond donors (Lipinski definition) is 1. The third kappa shape index (κ3) is 4.72. The number of amides is 1. The summed E-state index contributed by atoms with van der Waals surface area (Å²) in [5.41, 5.74) is 3.05. The minimum absolute atomic E-state index is 0.238. The summed E-state index contributed by atoms with van der Waals surface area (Å²) < 4.78 is 1.93. The molecule has 0 fully saturated rings. The van der Waals surface area contributed by atoms with Gasteiger partial charge in [0, 0.05) is 11.6 Å². The predicted molar refractivity (Wildman–Crippen MR) is 137 cm³/mol. The van der Waals surface area contributed by atoms with Crippen molar-refractivity contribution < 1.29 is 4.79 Å². The molecule has 34 heavy (non-hydrogen) atoms. The first-order valence-electron chi connectivity index (χ1n) is 11.4. The Kier molecular flexibility index (Phi) is 7.35. The largest absolute Gasteiger partial charge is 0.309 e. The van der Waals surface area contributed by atoms with Gasteiger partial charge in [0.2, 0.25) is 0 Å². The van der Waals surface area contributed by atoms with Gasteiger partial charge < -0.3 is 9.88 Å². The number of halogens is 2. The number of nitrogens with zero attached hydrogens (tertiary/aromatic N) is 4. The van der Waals surface area contributed by atoms with Crippen LogP contribution in [-0.4, -0.2) is 20.4 Å². The average Bonchev–Trinajstić information content (AvgIpc) is 3.10. The number of fused-ring (bicyclic) bond motifs is 2. The Labute approximate surface area is 208 Å². The zero-order valence-electron chi connectivity index (χ0n) is 19.1. The van der Waals surface area contributed by atoms with Gasteiger partial charge in [0.1, 0.15) is 23.0 Å². The van der Waals surface area contributed by atoms with E-state index in [9.17, 15) is 10.1 Å². The highest BCUT2D eigenvalue weighted by molar-refractivity contribution is 6.37. The van der Waals surface area contributed by atoms with Gasteiger partial charge in [-0.3, -0.25) is 4.79 Å². The van der Waals surface area contributed by atoms with Crippen molar-refractivity contribution in [2.24, 2.45) is 5.92 Å². The molecule has 0 saturated carbocycles. The molecule has 174 valence electrons. The molecule has 0 aliphatic carbocycles. The Bertz CT molecular complexity index is 1410. The van der Waals surface area contributed by atoms with E-state index in [1.54, 1.807) is 12.1 Å². The number of rotatable bonds is 8. The SMILES string of the molecule is CCCCC(CC)Cn1c(NC(=O)c2ccc(Cl)cc2Cl)c(C#N)c2nc3ccccc3nc21. The van der Waals surface area contributed by atoms with Crippen molar-refractivity contribution in [2.75, 3.05) is 5.32 Å². The number of nitrogens with one attached hydrogen (secondary N) is 1. The van der Waals surface area contributed by atoms with Crippen LogP contribution in [0.3, 0.4) is 0 Å². The van der Waals surface area contributed by atoms with Crippen LogP contribution in [0.1, 0.15) is 55.5 Å². The van der Waals surface area contributed by atoms with Crippen molar-refractivity contribution in [1.82, 2.24) is 14.5 Å². The van der Waals surface area contributed by atoms with Gasteiger partial charge in [-0.1, -0.05) is 68.4 Å². The number of carbonyl (C=O) groups excluding carboxylic acids is 1. The van der Waals surface area contributed by atoms with Crippen molar-refractivity contribution in [3.05, 3.63) is 63.6 Å². The predicted octanol–water partition coefficient (Wildman–Crippen LogP) is 7.23. The van der Waals surface area contributed by atoms with E-state index < -0.39 is 5.91 Å². The lowest BCUT2D eigenvalue weighted by Gasteiger charge is -2.19. The molecular formula is C26H25Cl2N5O. The molecule has 2 aromatic heterocycles. The molecule has 2 heterocycles. The molecule has 1 amide bonds. The van der Waals surface area contributed by atoms with Crippen LogP contribution in [0, 0.1) is 17.2 Å². The fourth-order valence-corrected chi connectivity index (χ4v) is 4.63. The Hall–Kier alpha value is -3.14. The third-order valence-corrected chi connectivity index (χ3v) is 6.60. The van der Waals surface area contributed by atoms with E-state index in [0.29, 0.717) is 40.0 Å². The van der Waals surface area contributed by atoms with Gasteiger partial charge in [-0.25, -0.2) is 9.97 Å². The highest BCUT2D eigenvalue weighted by atomic mass is 35.5. The number of unbranched alkanes of at least 4 members (excludes halogenated alkanes) is 1. The normalized spacial score (nSPS) is 12.1. The summed E-state index contributed by atoms with van der Waals surface area (Å²) >= 11 is 12.3. The molecule has 0 saturated heterocycles. The van der Waals surface area contributed by atoms with Crippen molar-refractivity contribution >= 4 is 57.1 Å². The number of para-hydroxylation sites is 2. The van der Waals surface area contributed by atoms with Crippen molar-refractivity contribution in [1.29, 1.82) is 5.26 Å². The highest BCUT2D eigenvalue weighted by Crippen LogP contribution is 2.32. The molecule has 0 aliphatic rings. The van der Waals surface area contributed by atoms with E-state index >= 15 is 0 Å². The van der Waals surface area contributed by atoms with Crippen LogP contribution < -0.4 is 5.32 Å². The van der Waals surface area contributed by atoms with Gasteiger partial charge in [0.15, 0.2) is 5.65 Å². The molecule has 6 nitrogen and oxygen atoms in total. The van der Waals surface area contributed by atoms with Gasteiger partial charge in [-0.2, -0.15) is 5.26 Å². The van der Waals surface area contributed by atoms with E-state index in [1.807, 2.05) is 28.8 Å². The first-order valence-corrected chi connectivity index (χ1v) is 12.2. The maximum absolute atomic E-state index is 13.2. The monoisotopic (exact) mass is 493 g/mol. The van der Waals surface area contributed by atoms with Crippen molar-refractivity contribution in [3.63, 3.8) is 0 Å². The van der Waals surface area contributed by atoms with Crippen LogP contribution in [0.2, 0.25) is 10.0 Å². The second kappa shape index (κ2) is 10.4. The van der Waals surface area contributed by atoms with E-state index in [1.165, 1.54) is 6.07 Å². The Morgan fingerprint density at radius 2 is 1.88 bits per heavy atom. The van der Waals surface area contributed by atoms with Crippen LogP contribution in [0.4, 0.5) is 5.82 Å². The quantitative estimate of drug-likeness (QED) is 0.280. The maximum atomic E-state index is 13.2. The summed E-state index contributed by atoms with van der Waals surface area (Å²) in [5.74, 6) is 0.331. The van der Waals surface area contributed by atoms with Gasteiger partial charge in [0.05, 0.1) is 21.6 Å². The second-order valence-corrected chi connectivity index (χ2v) is 9.17. The van der Waals surface area contributed by atoms with E-state index in [4.69, 9.17) is 33.2 Å². The number of hydrogen-bond acceptors (Lipinski definition) is 4. The minimum atomic E-state index is -0.423. The van der Waals surface area contributed by atoms with Crippen LogP contribution in [0.25, 0.3) is 22.2 Å². The number of nitriles is 1. The average molecular weight is 494 g/mol. The van der Waals surface area contributed by atoms with Crippen LogP contribution >= 0.6 is 23.2 Å². The molecule has 1 atom stereocenters. The third-order valence-electron chi connectivity index (χ3n) is 6.05. The van der Waals surface area contributed by atoms with Gasteiger partial charge in [-0.15, -0.1) is 0 Å². The van der Waals surface area contributed by atoms with Crippen LogP contribution in [-0.2, 0) is 6.54 Å². The Balaban J connectivity index is 1.87. The van der Waals surface area contributed by atoms with Crippen molar-refractivity contribution in [3.8, 4) is 6.07 Å². The Morgan fingerprint density at radius 3 is 2.53 bits per heavy atom. The summed E-state index contributed by atoms with van der Waals surface area (Å²) in [7, 11) is 0. The first kappa shape index (κ1) is 24.0. The van der Waals surface area contributed by atoms with Gasteiger partial charge in [-0.05, 0) is 42.7 Å². The lowest BCUT2D eigenvalue weighted by molar-refractivity contribution is 0.102. The Morgan fingerprint density at radius 1 is 1.15 bits per heavy atom.